The van der Waals surface area contributed by atoms with Crippen LogP contribution in [0.1, 0.15) is 33.6 Å². The summed E-state index contributed by atoms with van der Waals surface area (Å²) in [6.07, 6.45) is 4.15. The lowest BCUT2D eigenvalue weighted by Crippen LogP contribution is -2.39. The van der Waals surface area contributed by atoms with Gasteiger partial charge in [0.1, 0.15) is 5.60 Å². The SMILES string of the molecule is CC(C)(C)OC(=O)N1CCC[C@H]1/C=C/O. The predicted octanol–water partition coefficient (Wildman–Crippen LogP) is 2.46. The van der Waals surface area contributed by atoms with E-state index in [2.05, 4.69) is 0 Å². The zero-order valence-electron chi connectivity index (χ0n) is 9.56. The molecular weight excluding hydrogens is 194 g/mol. The number of amides is 1. The van der Waals surface area contributed by atoms with Crippen molar-refractivity contribution in [3.63, 3.8) is 0 Å². The van der Waals surface area contributed by atoms with Gasteiger partial charge in [0.25, 0.3) is 0 Å². The highest BCUT2D eigenvalue weighted by atomic mass is 16.6. The van der Waals surface area contributed by atoms with Gasteiger partial charge >= 0.3 is 6.09 Å². The molecule has 1 rings (SSSR count). The van der Waals surface area contributed by atoms with Crippen molar-refractivity contribution in [3.8, 4) is 0 Å². The van der Waals surface area contributed by atoms with E-state index in [1.165, 1.54) is 0 Å². The van der Waals surface area contributed by atoms with Crippen molar-refractivity contribution in [2.75, 3.05) is 6.54 Å². The van der Waals surface area contributed by atoms with Crippen LogP contribution in [0.25, 0.3) is 0 Å². The molecular formula is C11H19NO3. The van der Waals surface area contributed by atoms with Crippen molar-refractivity contribution in [2.24, 2.45) is 0 Å². The summed E-state index contributed by atoms with van der Waals surface area (Å²) < 4.78 is 5.27. The molecule has 4 nitrogen and oxygen atoms in total. The first-order chi connectivity index (χ1) is 6.94. The fourth-order valence-corrected chi connectivity index (χ4v) is 1.64. The number of rotatable bonds is 1. The summed E-state index contributed by atoms with van der Waals surface area (Å²) in [6.45, 7) is 6.23. The highest BCUT2D eigenvalue weighted by Gasteiger charge is 2.30. The summed E-state index contributed by atoms with van der Waals surface area (Å²) in [5, 5.41) is 8.70. The van der Waals surface area contributed by atoms with Crippen LogP contribution in [0.3, 0.4) is 0 Å². The maximum atomic E-state index is 11.7. The van der Waals surface area contributed by atoms with E-state index in [-0.39, 0.29) is 12.1 Å². The molecule has 1 N–H and O–H groups in total. The number of hydrogen-bond acceptors (Lipinski definition) is 3. The quantitative estimate of drug-likeness (QED) is 0.681. The molecule has 1 aliphatic heterocycles. The van der Waals surface area contributed by atoms with E-state index in [9.17, 15) is 4.79 Å². The van der Waals surface area contributed by atoms with Crippen LogP contribution in [-0.4, -0.2) is 34.3 Å². The summed E-state index contributed by atoms with van der Waals surface area (Å²) >= 11 is 0. The van der Waals surface area contributed by atoms with Crippen LogP contribution in [0, 0.1) is 0 Å². The molecule has 86 valence electrons. The summed E-state index contributed by atoms with van der Waals surface area (Å²) in [5.41, 5.74) is -0.465. The van der Waals surface area contributed by atoms with Crippen molar-refractivity contribution in [1.29, 1.82) is 0 Å². The summed E-state index contributed by atoms with van der Waals surface area (Å²) in [5.74, 6) is 0. The van der Waals surface area contributed by atoms with Crippen LogP contribution in [0.15, 0.2) is 12.3 Å². The molecule has 15 heavy (non-hydrogen) atoms. The molecule has 1 saturated heterocycles. The average molecular weight is 213 g/mol. The molecule has 0 spiro atoms. The van der Waals surface area contributed by atoms with Gasteiger partial charge in [0.2, 0.25) is 0 Å². The Morgan fingerprint density at radius 3 is 2.73 bits per heavy atom. The molecule has 0 aromatic heterocycles. The Bertz CT molecular complexity index is 255. The van der Waals surface area contributed by atoms with Crippen LogP contribution in [0.5, 0.6) is 0 Å². The second-order valence-corrected chi connectivity index (χ2v) is 4.72. The topological polar surface area (TPSA) is 49.8 Å². The predicted molar refractivity (Wildman–Crippen MR) is 57.7 cm³/mol. The van der Waals surface area contributed by atoms with Crippen LogP contribution < -0.4 is 0 Å². The molecule has 1 amide bonds. The van der Waals surface area contributed by atoms with Gasteiger partial charge in [-0.1, -0.05) is 0 Å². The lowest BCUT2D eigenvalue weighted by Gasteiger charge is -2.27. The number of aliphatic hydroxyl groups excluding tert-OH is 1. The molecule has 0 radical (unpaired) electrons. The second kappa shape index (κ2) is 4.55. The van der Waals surface area contributed by atoms with Crippen LogP contribution in [0.4, 0.5) is 4.79 Å². The first kappa shape index (κ1) is 11.9. The average Bonchev–Trinajstić information content (AvgIpc) is 2.49. The third kappa shape index (κ3) is 3.46. The number of carbonyl (C=O) groups excluding carboxylic acids is 1. The minimum Gasteiger partial charge on any atom is -0.516 e. The van der Waals surface area contributed by atoms with Crippen molar-refractivity contribution in [1.82, 2.24) is 4.90 Å². The molecule has 1 aliphatic rings. The Balaban J connectivity index is 2.59. The Hall–Kier alpha value is -1.19. The first-order valence-electron chi connectivity index (χ1n) is 5.24. The molecule has 0 unspecified atom stereocenters. The maximum Gasteiger partial charge on any atom is 0.410 e. The van der Waals surface area contributed by atoms with E-state index in [0.29, 0.717) is 6.54 Å². The lowest BCUT2D eigenvalue weighted by molar-refractivity contribution is 0.0255. The number of carbonyl (C=O) groups is 1. The van der Waals surface area contributed by atoms with E-state index in [0.717, 1.165) is 19.1 Å². The highest BCUT2D eigenvalue weighted by Crippen LogP contribution is 2.21. The maximum absolute atomic E-state index is 11.7. The number of hydrogen-bond donors (Lipinski definition) is 1. The molecule has 0 aromatic carbocycles. The van der Waals surface area contributed by atoms with Crippen LogP contribution in [0.2, 0.25) is 0 Å². The molecule has 0 aliphatic carbocycles. The Kier molecular flexibility index (Phi) is 3.61. The van der Waals surface area contributed by atoms with Gasteiger partial charge in [0.05, 0.1) is 12.3 Å². The van der Waals surface area contributed by atoms with E-state index < -0.39 is 5.60 Å². The molecule has 1 heterocycles. The van der Waals surface area contributed by atoms with E-state index in [4.69, 9.17) is 9.84 Å². The van der Waals surface area contributed by atoms with Crippen molar-refractivity contribution < 1.29 is 14.6 Å². The second-order valence-electron chi connectivity index (χ2n) is 4.72. The Morgan fingerprint density at radius 2 is 2.20 bits per heavy atom. The van der Waals surface area contributed by atoms with Gasteiger partial charge in [-0.15, -0.1) is 0 Å². The Labute approximate surface area is 90.5 Å². The molecule has 0 bridgehead atoms. The monoisotopic (exact) mass is 213 g/mol. The van der Waals surface area contributed by atoms with Gasteiger partial charge in [-0.2, -0.15) is 0 Å². The zero-order valence-corrected chi connectivity index (χ0v) is 9.56. The van der Waals surface area contributed by atoms with Crippen molar-refractivity contribution >= 4 is 6.09 Å². The Morgan fingerprint density at radius 1 is 1.53 bits per heavy atom. The highest BCUT2D eigenvalue weighted by molar-refractivity contribution is 5.69. The largest absolute Gasteiger partial charge is 0.516 e. The third-order valence-electron chi connectivity index (χ3n) is 2.24. The van der Waals surface area contributed by atoms with Crippen LogP contribution in [-0.2, 0) is 4.74 Å². The van der Waals surface area contributed by atoms with E-state index in [1.807, 2.05) is 20.8 Å². The first-order valence-corrected chi connectivity index (χ1v) is 5.24. The normalized spacial score (nSPS) is 22.3. The van der Waals surface area contributed by atoms with Gasteiger partial charge in [-0.3, -0.25) is 0 Å². The number of ether oxygens (including phenoxy) is 1. The van der Waals surface area contributed by atoms with Crippen molar-refractivity contribution in [2.45, 2.75) is 45.3 Å². The standard InChI is InChI=1S/C11H19NO3/c1-11(2,3)15-10(14)12-7-4-5-9(12)6-8-13/h6,8-9,13H,4-5,7H2,1-3H3/b8-6+/t9-/m0/s1. The van der Waals surface area contributed by atoms with Gasteiger partial charge in [0.15, 0.2) is 0 Å². The number of aliphatic hydroxyl groups is 1. The summed E-state index contributed by atoms with van der Waals surface area (Å²) in [4.78, 5) is 13.4. The minimum atomic E-state index is -0.465. The summed E-state index contributed by atoms with van der Waals surface area (Å²) in [7, 11) is 0. The van der Waals surface area contributed by atoms with Gasteiger partial charge < -0.3 is 14.7 Å². The molecule has 1 atom stereocenters. The zero-order chi connectivity index (χ0) is 11.5. The van der Waals surface area contributed by atoms with Crippen molar-refractivity contribution in [3.05, 3.63) is 12.3 Å². The van der Waals surface area contributed by atoms with Gasteiger partial charge in [-0.05, 0) is 39.7 Å². The molecule has 0 saturated carbocycles. The fraction of sp³-hybridized carbons (Fsp3) is 0.727. The van der Waals surface area contributed by atoms with E-state index >= 15 is 0 Å². The molecule has 1 fully saturated rings. The number of likely N-dealkylation sites (tertiary alicyclic amines) is 1. The van der Waals surface area contributed by atoms with Crippen LogP contribution >= 0.6 is 0 Å². The summed E-state index contributed by atoms with van der Waals surface area (Å²) in [6, 6.07) is -0.0233. The number of nitrogens with zero attached hydrogens (tertiary/aromatic N) is 1. The van der Waals surface area contributed by atoms with Gasteiger partial charge in [0, 0.05) is 6.54 Å². The minimum absolute atomic E-state index is 0.0233. The van der Waals surface area contributed by atoms with E-state index in [1.54, 1.807) is 11.0 Å². The fourth-order valence-electron chi connectivity index (χ4n) is 1.64. The van der Waals surface area contributed by atoms with Gasteiger partial charge in [-0.25, -0.2) is 4.79 Å². The smallest absolute Gasteiger partial charge is 0.410 e. The lowest BCUT2D eigenvalue weighted by atomic mass is 10.2. The third-order valence-corrected chi connectivity index (χ3v) is 2.24. The molecule has 0 aromatic rings. The molecule has 4 heteroatoms.